The van der Waals surface area contributed by atoms with Gasteiger partial charge < -0.3 is 10.5 Å². The summed E-state index contributed by atoms with van der Waals surface area (Å²) in [6, 6.07) is -1.80. The van der Waals surface area contributed by atoms with Crippen LogP contribution in [0.5, 0.6) is 0 Å². The van der Waals surface area contributed by atoms with Crippen LogP contribution in [-0.2, 0) is 4.74 Å². The molecule has 4 aliphatic rings. The summed E-state index contributed by atoms with van der Waals surface area (Å²) >= 11 is 0. The first kappa shape index (κ1) is 24.5. The second-order valence-corrected chi connectivity index (χ2v) is 7.58. The molecule has 4 saturated carbocycles. The van der Waals surface area contributed by atoms with Gasteiger partial charge in [0.15, 0.2) is 0 Å². The van der Waals surface area contributed by atoms with Gasteiger partial charge in [0.1, 0.15) is 0 Å². The Balaban J connectivity index is 2.56. The number of rotatable bonds is 4. The van der Waals surface area contributed by atoms with Crippen LogP contribution in [0.25, 0.3) is 0 Å². The van der Waals surface area contributed by atoms with Crippen molar-refractivity contribution in [1.82, 2.24) is 0 Å². The van der Waals surface area contributed by atoms with E-state index in [9.17, 15) is 52.7 Å². The van der Waals surface area contributed by atoms with Crippen LogP contribution >= 0.6 is 0 Å². The Morgan fingerprint density at radius 1 is 0.548 bits per heavy atom. The fourth-order valence-corrected chi connectivity index (χ4v) is 4.35. The monoisotopic (exact) mass is 493 g/mol. The Morgan fingerprint density at radius 3 is 1.06 bits per heavy atom. The largest absolute Gasteiger partial charge is 0.339 e. The molecule has 2 N–H and O–H groups in total. The van der Waals surface area contributed by atoms with E-state index in [-0.39, 0.29) is 0 Å². The summed E-state index contributed by atoms with van der Waals surface area (Å²) in [6.07, 6.45) is -0.480. The van der Waals surface area contributed by atoms with Gasteiger partial charge in [-0.05, 0) is 6.42 Å². The zero-order valence-corrected chi connectivity index (χ0v) is 14.6. The maximum atomic E-state index is 15.2. The number of alkyl halides is 15. The van der Waals surface area contributed by atoms with E-state index in [4.69, 9.17) is 5.73 Å². The standard InChI is InChI=1S/C14H10F15NO/c1-2-4(30)3-31-14(29)7(17)10(21,22)5(15)9(19,20)6(16,12(7,25)26)13(27,28)8(14,18)11(5,23)24/h4H,2-3,30H2,1H3. The summed E-state index contributed by atoms with van der Waals surface area (Å²) in [7, 11) is 0. The maximum absolute atomic E-state index is 15.2. The number of halogens is 15. The molecular formula is C14H10F15NO. The summed E-state index contributed by atoms with van der Waals surface area (Å²) in [5, 5.41) is 0. The van der Waals surface area contributed by atoms with Crippen molar-refractivity contribution < 1.29 is 70.6 Å². The van der Waals surface area contributed by atoms with Gasteiger partial charge in [-0.3, -0.25) is 0 Å². The van der Waals surface area contributed by atoms with Gasteiger partial charge in [-0.1, -0.05) is 6.92 Å². The second-order valence-electron chi connectivity index (χ2n) is 7.58. The van der Waals surface area contributed by atoms with Crippen LogP contribution in [0.3, 0.4) is 0 Å². The van der Waals surface area contributed by atoms with Crippen LogP contribution in [0.4, 0.5) is 65.9 Å². The highest BCUT2D eigenvalue weighted by atomic mass is 19.3. The van der Waals surface area contributed by atoms with E-state index in [1.807, 2.05) is 0 Å². The Labute approximate surface area is 161 Å². The zero-order chi connectivity index (χ0) is 24.7. The fraction of sp³-hybridized carbons (Fsp3) is 1.00. The average molecular weight is 493 g/mol. The highest BCUT2D eigenvalue weighted by molar-refractivity contribution is 5.54. The quantitative estimate of drug-likeness (QED) is 0.588. The summed E-state index contributed by atoms with van der Waals surface area (Å²) in [5.41, 5.74) is -25.3. The summed E-state index contributed by atoms with van der Waals surface area (Å²) in [6.45, 7) is -0.941. The first-order valence-electron chi connectivity index (χ1n) is 8.18. The molecule has 0 amide bonds. The molecule has 1 atom stereocenters. The molecule has 4 rings (SSSR count). The highest BCUT2D eigenvalue weighted by Crippen LogP contribution is 2.88. The van der Waals surface area contributed by atoms with Gasteiger partial charge in [0.05, 0.1) is 6.61 Å². The van der Waals surface area contributed by atoms with Crippen LogP contribution in [0.2, 0.25) is 0 Å². The lowest BCUT2D eigenvalue weighted by molar-refractivity contribution is -0.617. The summed E-state index contributed by atoms with van der Waals surface area (Å²) in [4.78, 5) is 0. The van der Waals surface area contributed by atoms with E-state index < -0.39 is 77.2 Å². The van der Waals surface area contributed by atoms with Gasteiger partial charge in [0, 0.05) is 6.04 Å². The molecule has 0 aromatic carbocycles. The molecule has 0 aliphatic heterocycles. The molecular weight excluding hydrogens is 483 g/mol. The minimum Gasteiger partial charge on any atom is -0.339 e. The van der Waals surface area contributed by atoms with Gasteiger partial charge >= 0.3 is 58.1 Å². The minimum absolute atomic E-state index is 0.480. The first-order valence-corrected chi connectivity index (χ1v) is 8.18. The van der Waals surface area contributed by atoms with Crippen LogP contribution in [-0.4, -0.2) is 70.8 Å². The third kappa shape index (κ3) is 1.58. The molecule has 1 unspecified atom stereocenters. The van der Waals surface area contributed by atoms with E-state index in [0.29, 0.717) is 0 Å². The van der Waals surface area contributed by atoms with Crippen LogP contribution in [0.1, 0.15) is 13.3 Å². The number of ether oxygens (including phenoxy) is 1. The van der Waals surface area contributed by atoms with E-state index in [2.05, 4.69) is 4.74 Å². The van der Waals surface area contributed by atoms with Crippen molar-refractivity contribution in [2.24, 2.45) is 5.73 Å². The Bertz CT molecular complexity index is 724. The third-order valence-electron chi connectivity index (χ3n) is 6.23. The molecule has 4 fully saturated rings. The van der Waals surface area contributed by atoms with Crippen LogP contribution < -0.4 is 5.73 Å². The van der Waals surface area contributed by atoms with Crippen molar-refractivity contribution >= 4 is 0 Å². The zero-order valence-electron chi connectivity index (χ0n) is 14.6. The number of nitrogens with two attached hydrogens (primary N) is 1. The van der Waals surface area contributed by atoms with Crippen molar-refractivity contribution in [3.63, 3.8) is 0 Å². The van der Waals surface area contributed by atoms with E-state index >= 15 is 13.2 Å². The SMILES string of the molecule is CCC(N)COC1(F)C2(F)C(F)(F)C3(F)C(F)(F)C(F)(C2(F)F)C(F)(F)C1(F)C3(F)F. The molecule has 0 saturated heterocycles. The molecule has 4 bridgehead atoms. The fourth-order valence-electron chi connectivity index (χ4n) is 4.35. The smallest absolute Gasteiger partial charge is 0.339 e. The second kappa shape index (κ2) is 5.33. The van der Waals surface area contributed by atoms with Crippen LogP contribution in [0.15, 0.2) is 0 Å². The highest BCUT2D eigenvalue weighted by Gasteiger charge is 3.23. The Kier molecular flexibility index (Phi) is 4.21. The van der Waals surface area contributed by atoms with Gasteiger partial charge in [0.2, 0.25) is 0 Å². The lowest BCUT2D eigenvalue weighted by atomic mass is 9.40. The van der Waals surface area contributed by atoms with Gasteiger partial charge in [0.25, 0.3) is 0 Å². The third-order valence-corrected chi connectivity index (χ3v) is 6.23. The molecule has 0 aromatic rings. The summed E-state index contributed by atoms with van der Waals surface area (Å²) < 4.78 is 221. The average Bonchev–Trinajstić information content (AvgIpc) is 2.64. The van der Waals surface area contributed by atoms with E-state index in [1.54, 1.807) is 0 Å². The minimum atomic E-state index is -7.84. The van der Waals surface area contributed by atoms with Crippen molar-refractivity contribution in [1.29, 1.82) is 0 Å². The molecule has 31 heavy (non-hydrogen) atoms. The first-order chi connectivity index (χ1) is 13.5. The number of hydrogen-bond acceptors (Lipinski definition) is 2. The summed E-state index contributed by atoms with van der Waals surface area (Å²) in [5.74, 6) is -45.7. The van der Waals surface area contributed by atoms with Gasteiger partial charge in [-0.15, -0.1) is 0 Å². The van der Waals surface area contributed by atoms with Gasteiger partial charge in [-0.25, -0.2) is 22.0 Å². The predicted molar refractivity (Wildman–Crippen MR) is 68.1 cm³/mol. The molecule has 17 heteroatoms. The molecule has 4 aliphatic carbocycles. The number of hydrogen-bond donors (Lipinski definition) is 1. The lowest BCUT2D eigenvalue weighted by Crippen LogP contribution is -3.09. The maximum Gasteiger partial charge on any atom is 0.339 e. The molecule has 0 radical (unpaired) electrons. The lowest BCUT2D eigenvalue weighted by Gasteiger charge is -2.74. The van der Waals surface area contributed by atoms with Crippen molar-refractivity contribution in [2.75, 3.05) is 6.61 Å². The topological polar surface area (TPSA) is 35.2 Å². The molecule has 2 nitrogen and oxygen atoms in total. The van der Waals surface area contributed by atoms with Crippen LogP contribution in [0, 0.1) is 0 Å². The predicted octanol–water partition coefficient (Wildman–Crippen LogP) is 4.46. The molecule has 182 valence electrons. The molecule has 0 spiro atoms. The molecule has 0 heterocycles. The van der Waals surface area contributed by atoms with Crippen molar-refractivity contribution in [2.45, 2.75) is 77.5 Å². The molecule has 0 aromatic heterocycles. The van der Waals surface area contributed by atoms with E-state index in [0.717, 1.165) is 6.92 Å². The Morgan fingerprint density at radius 2 is 0.806 bits per heavy atom. The van der Waals surface area contributed by atoms with E-state index in [1.165, 1.54) is 0 Å². The van der Waals surface area contributed by atoms with Crippen molar-refractivity contribution in [3.8, 4) is 0 Å². The Hall–Kier alpha value is -1.13. The van der Waals surface area contributed by atoms with Gasteiger partial charge in [-0.2, -0.15) is 43.9 Å². The van der Waals surface area contributed by atoms with Crippen molar-refractivity contribution in [3.05, 3.63) is 0 Å². The normalized spacial score (nSPS) is 51.0.